The van der Waals surface area contributed by atoms with Crippen LogP contribution in [0.15, 0.2) is 0 Å². The summed E-state index contributed by atoms with van der Waals surface area (Å²) in [4.78, 5) is 32.7. The molecule has 0 saturated carbocycles. The number of rotatable bonds is 10. The summed E-state index contributed by atoms with van der Waals surface area (Å²) < 4.78 is 36.2. The molecule has 2 amide bonds. The van der Waals surface area contributed by atoms with Crippen LogP contribution in [-0.4, -0.2) is 102 Å². The second-order valence-corrected chi connectivity index (χ2v) is 9.01. The molecule has 0 spiro atoms. The number of aliphatic hydroxyl groups excluding tert-OH is 3. The predicted octanol–water partition coefficient (Wildman–Crippen LogP) is -1.79. The molecule has 31 heavy (non-hydrogen) atoms. The third kappa shape index (κ3) is 10.2. The molecule has 1 heterocycles. The van der Waals surface area contributed by atoms with E-state index in [9.17, 15) is 34.4 Å². The normalized spacial score (nSPS) is 28.5. The van der Waals surface area contributed by atoms with Gasteiger partial charge in [0.15, 0.2) is 6.29 Å². The van der Waals surface area contributed by atoms with E-state index in [0.29, 0.717) is 0 Å². The highest BCUT2D eigenvalue weighted by Crippen LogP contribution is 2.43. The van der Waals surface area contributed by atoms with Crippen molar-refractivity contribution in [3.05, 3.63) is 0 Å². The average molecular weight is 474 g/mol. The lowest BCUT2D eigenvalue weighted by Gasteiger charge is -2.39. The van der Waals surface area contributed by atoms with Crippen molar-refractivity contribution in [1.82, 2.24) is 10.6 Å². The predicted molar refractivity (Wildman–Crippen MR) is 103 cm³/mol. The van der Waals surface area contributed by atoms with Crippen molar-refractivity contribution < 1.29 is 57.6 Å². The number of hydrogen-bond donors (Lipinski definition) is 6. The molecule has 15 heteroatoms. The van der Waals surface area contributed by atoms with E-state index in [1.165, 1.54) is 7.11 Å². The van der Waals surface area contributed by atoms with Gasteiger partial charge in [-0.3, -0.25) is 13.8 Å². The van der Waals surface area contributed by atoms with Gasteiger partial charge in [0.05, 0.1) is 19.8 Å². The Bertz CT molecular complexity index is 641. The fraction of sp³-hybridized carbons (Fsp3) is 0.875. The minimum atomic E-state index is -4.58. The van der Waals surface area contributed by atoms with Crippen LogP contribution in [0.4, 0.5) is 4.79 Å². The minimum absolute atomic E-state index is 0.165. The Labute approximate surface area is 179 Å². The number of carbonyl (C=O) groups is 2. The summed E-state index contributed by atoms with van der Waals surface area (Å²) in [6.07, 6.45) is -8.04. The van der Waals surface area contributed by atoms with E-state index in [1.54, 1.807) is 20.8 Å². The lowest BCUT2D eigenvalue weighted by atomic mass is 9.99. The van der Waals surface area contributed by atoms with E-state index in [1.807, 2.05) is 0 Å². The summed E-state index contributed by atoms with van der Waals surface area (Å²) in [6, 6.07) is 0. The van der Waals surface area contributed by atoms with Gasteiger partial charge >= 0.3 is 13.9 Å². The van der Waals surface area contributed by atoms with Crippen molar-refractivity contribution in [1.29, 1.82) is 0 Å². The van der Waals surface area contributed by atoms with Crippen LogP contribution in [0.25, 0.3) is 0 Å². The molecule has 14 nitrogen and oxygen atoms in total. The smallest absolute Gasteiger partial charge is 0.444 e. The lowest BCUT2D eigenvalue weighted by molar-refractivity contribution is -0.293. The van der Waals surface area contributed by atoms with Crippen molar-refractivity contribution in [3.63, 3.8) is 0 Å². The zero-order chi connectivity index (χ0) is 23.8. The van der Waals surface area contributed by atoms with Crippen molar-refractivity contribution in [2.75, 3.05) is 33.4 Å². The highest BCUT2D eigenvalue weighted by Gasteiger charge is 2.44. The van der Waals surface area contributed by atoms with Gasteiger partial charge in [-0.2, -0.15) is 0 Å². The van der Waals surface area contributed by atoms with Crippen LogP contribution < -0.4 is 10.6 Å². The van der Waals surface area contributed by atoms with Gasteiger partial charge in [-0.15, -0.1) is 0 Å². The number of phosphoric ester groups is 1. The van der Waals surface area contributed by atoms with Gasteiger partial charge in [-0.25, -0.2) is 9.36 Å². The van der Waals surface area contributed by atoms with E-state index in [4.69, 9.17) is 18.7 Å². The highest BCUT2D eigenvalue weighted by molar-refractivity contribution is 7.47. The number of nitrogens with one attached hydrogen (secondary N) is 2. The molecule has 1 unspecified atom stereocenters. The SMILES string of the molecule is CO[C@H]1O[C@H](COP(=O)(O)OCCNC(=O)CNC(=O)OC(C)(C)C)[C@@H](O)[C@H](O)[C@@H]1O. The fourth-order valence-electron chi connectivity index (χ4n) is 2.33. The molecule has 1 fully saturated rings. The maximum Gasteiger partial charge on any atom is 0.472 e. The van der Waals surface area contributed by atoms with Crippen LogP contribution in [0.5, 0.6) is 0 Å². The Hall–Kier alpha value is -1.35. The molecule has 0 aromatic rings. The van der Waals surface area contributed by atoms with E-state index in [0.717, 1.165) is 0 Å². The van der Waals surface area contributed by atoms with E-state index in [2.05, 4.69) is 15.2 Å². The van der Waals surface area contributed by atoms with Crippen LogP contribution in [0.1, 0.15) is 20.8 Å². The summed E-state index contributed by atoms with van der Waals surface area (Å²) in [5.74, 6) is -0.583. The van der Waals surface area contributed by atoms with Gasteiger partial charge in [-0.05, 0) is 20.8 Å². The van der Waals surface area contributed by atoms with Gasteiger partial charge in [0.2, 0.25) is 5.91 Å². The van der Waals surface area contributed by atoms with Gasteiger partial charge in [0.1, 0.15) is 30.0 Å². The van der Waals surface area contributed by atoms with Crippen LogP contribution in [0.2, 0.25) is 0 Å². The summed E-state index contributed by atoms with van der Waals surface area (Å²) in [7, 11) is -3.38. The number of alkyl carbamates (subject to hydrolysis) is 1. The molecule has 6 N–H and O–H groups in total. The van der Waals surface area contributed by atoms with Gasteiger partial charge in [0, 0.05) is 13.7 Å². The monoisotopic (exact) mass is 474 g/mol. The standard InChI is InChI=1S/C16H31N2O12P/c1-16(2,3)30-15(23)18-7-10(19)17-5-6-27-31(24,25)28-8-9-11(20)12(21)13(22)14(26-4)29-9/h9,11-14,20-22H,5-8H2,1-4H3,(H,17,19)(H,18,23)(H,24,25)/t9-,11-,12+,13+,14+/m1/s1. The Balaban J connectivity index is 2.30. The zero-order valence-corrected chi connectivity index (χ0v) is 18.6. The number of amides is 2. The van der Waals surface area contributed by atoms with Crippen LogP contribution in [0, 0.1) is 0 Å². The number of aliphatic hydroxyl groups is 3. The average Bonchev–Trinajstić information content (AvgIpc) is 2.66. The van der Waals surface area contributed by atoms with Crippen molar-refractivity contribution in [3.8, 4) is 0 Å². The Kier molecular flexibility index (Phi) is 10.8. The molecule has 1 aliphatic heterocycles. The lowest BCUT2D eigenvalue weighted by Crippen LogP contribution is -2.59. The van der Waals surface area contributed by atoms with E-state index < -0.39 is 69.3 Å². The second-order valence-electron chi connectivity index (χ2n) is 7.55. The topological polar surface area (TPSA) is 202 Å². The molecular weight excluding hydrogens is 443 g/mol. The molecule has 6 atom stereocenters. The van der Waals surface area contributed by atoms with Crippen molar-refractivity contribution in [2.45, 2.75) is 57.1 Å². The van der Waals surface area contributed by atoms with Gasteiger partial charge < -0.3 is 45.1 Å². The molecule has 0 aromatic carbocycles. The minimum Gasteiger partial charge on any atom is -0.444 e. The molecule has 0 aliphatic carbocycles. The van der Waals surface area contributed by atoms with E-state index in [-0.39, 0.29) is 13.1 Å². The maximum absolute atomic E-state index is 11.9. The number of ether oxygens (including phenoxy) is 3. The number of methoxy groups -OCH3 is 1. The first kappa shape index (κ1) is 27.7. The van der Waals surface area contributed by atoms with Crippen LogP contribution in [-0.2, 0) is 32.6 Å². The first-order valence-electron chi connectivity index (χ1n) is 9.33. The molecule has 182 valence electrons. The van der Waals surface area contributed by atoms with Crippen molar-refractivity contribution in [2.24, 2.45) is 0 Å². The quantitative estimate of drug-likeness (QED) is 0.154. The van der Waals surface area contributed by atoms with Crippen LogP contribution >= 0.6 is 7.82 Å². The molecular formula is C16H31N2O12P. The fourth-order valence-corrected chi connectivity index (χ4v) is 3.07. The Morgan fingerprint density at radius 3 is 2.29 bits per heavy atom. The maximum atomic E-state index is 11.9. The molecule has 0 radical (unpaired) electrons. The van der Waals surface area contributed by atoms with E-state index >= 15 is 0 Å². The number of hydrogen-bond acceptors (Lipinski definition) is 11. The largest absolute Gasteiger partial charge is 0.472 e. The van der Waals surface area contributed by atoms with Gasteiger partial charge in [0.25, 0.3) is 0 Å². The summed E-state index contributed by atoms with van der Waals surface area (Å²) in [5.41, 5.74) is -0.711. The van der Waals surface area contributed by atoms with Crippen molar-refractivity contribution >= 4 is 19.8 Å². The van der Waals surface area contributed by atoms with Gasteiger partial charge in [-0.1, -0.05) is 0 Å². The molecule has 0 bridgehead atoms. The first-order valence-corrected chi connectivity index (χ1v) is 10.8. The second kappa shape index (κ2) is 12.0. The number of phosphoric acid groups is 1. The highest BCUT2D eigenvalue weighted by atomic mass is 31.2. The number of carbonyl (C=O) groups excluding carboxylic acids is 2. The first-order chi connectivity index (χ1) is 14.3. The molecule has 0 aromatic heterocycles. The molecule has 1 aliphatic rings. The summed E-state index contributed by atoms with van der Waals surface area (Å²) >= 11 is 0. The Morgan fingerprint density at radius 1 is 1.06 bits per heavy atom. The Morgan fingerprint density at radius 2 is 1.71 bits per heavy atom. The zero-order valence-electron chi connectivity index (χ0n) is 17.7. The summed E-state index contributed by atoms with van der Waals surface area (Å²) in [6.45, 7) is 3.42. The molecule has 1 saturated heterocycles. The third-order valence-electron chi connectivity index (χ3n) is 3.77. The third-order valence-corrected chi connectivity index (χ3v) is 4.76. The van der Waals surface area contributed by atoms with Crippen LogP contribution in [0.3, 0.4) is 0 Å². The summed E-state index contributed by atoms with van der Waals surface area (Å²) in [5, 5.41) is 33.9. The molecule has 1 rings (SSSR count).